The maximum absolute atomic E-state index is 9.59. The molecule has 3 nitrogen and oxygen atoms in total. The molecule has 0 bridgehead atoms. The first kappa shape index (κ1) is 15.5. The minimum Gasteiger partial charge on any atom is -0.490 e. The lowest BCUT2D eigenvalue weighted by molar-refractivity contribution is 0.113. The van der Waals surface area contributed by atoms with Crippen molar-refractivity contribution in [2.45, 2.75) is 6.10 Å². The van der Waals surface area contributed by atoms with Crippen molar-refractivity contribution in [1.82, 2.24) is 3.53 Å². The minimum atomic E-state index is -0.495. The van der Waals surface area contributed by atoms with Crippen molar-refractivity contribution in [3.05, 3.63) is 42.5 Å². The van der Waals surface area contributed by atoms with Crippen LogP contribution in [-0.2, 0) is 0 Å². The fourth-order valence-corrected chi connectivity index (χ4v) is 2.16. The van der Waals surface area contributed by atoms with Gasteiger partial charge in [0.25, 0.3) is 0 Å². The van der Waals surface area contributed by atoms with Gasteiger partial charge in [-0.2, -0.15) is 0 Å². The number of fused-ring (bicyclic) bond motifs is 1. The Morgan fingerprint density at radius 3 is 2.67 bits per heavy atom. The fraction of sp³-hybridized carbons (Fsp3) is 0.231. The molecule has 1 atom stereocenters. The van der Waals surface area contributed by atoms with Gasteiger partial charge < -0.3 is 9.84 Å². The van der Waals surface area contributed by atoms with E-state index in [1.807, 2.05) is 65.3 Å². The third-order valence-corrected chi connectivity index (χ3v) is 2.93. The van der Waals surface area contributed by atoms with Crippen molar-refractivity contribution >= 4 is 46.0 Å². The molecule has 0 amide bonds. The van der Waals surface area contributed by atoms with Gasteiger partial charge in [0.1, 0.15) is 18.5 Å². The first-order valence-electron chi connectivity index (χ1n) is 5.43. The molecule has 0 aliphatic heterocycles. The van der Waals surface area contributed by atoms with E-state index in [9.17, 15) is 5.11 Å². The Morgan fingerprint density at radius 1 is 1.17 bits per heavy atom. The Morgan fingerprint density at radius 2 is 1.89 bits per heavy atom. The van der Waals surface area contributed by atoms with Crippen LogP contribution in [0.25, 0.3) is 10.8 Å². The molecule has 0 spiro atoms. The quantitative estimate of drug-likeness (QED) is 0.620. The van der Waals surface area contributed by atoms with E-state index in [0.29, 0.717) is 13.2 Å². The Kier molecular flexibility index (Phi) is 6.70. The number of rotatable bonds is 5. The van der Waals surface area contributed by atoms with Crippen LogP contribution >= 0.6 is 35.3 Å². The lowest BCUT2D eigenvalue weighted by Crippen LogP contribution is -2.26. The van der Waals surface area contributed by atoms with E-state index in [1.54, 1.807) is 0 Å². The first-order valence-corrected chi connectivity index (χ1v) is 6.51. The van der Waals surface area contributed by atoms with Crippen molar-refractivity contribution in [2.24, 2.45) is 0 Å². The summed E-state index contributed by atoms with van der Waals surface area (Å²) in [7, 11) is 0. The second-order valence-electron chi connectivity index (χ2n) is 3.78. The largest absolute Gasteiger partial charge is 0.490 e. The second kappa shape index (κ2) is 7.78. The minimum absolute atomic E-state index is 0. The van der Waals surface area contributed by atoms with Gasteiger partial charge in [0.2, 0.25) is 0 Å². The summed E-state index contributed by atoms with van der Waals surface area (Å²) in [6.45, 7) is 0.815. The summed E-state index contributed by atoms with van der Waals surface area (Å²) in [6.07, 6.45) is -0.495. The molecular formula is C13H15ClINO2. The average molecular weight is 380 g/mol. The predicted molar refractivity (Wildman–Crippen MR) is 84.7 cm³/mol. The Hall–Kier alpha value is -0.560. The highest BCUT2D eigenvalue weighted by atomic mass is 127. The van der Waals surface area contributed by atoms with Gasteiger partial charge >= 0.3 is 0 Å². The van der Waals surface area contributed by atoms with Gasteiger partial charge in [0, 0.05) is 34.8 Å². The number of ether oxygens (including phenoxy) is 1. The highest BCUT2D eigenvalue weighted by Crippen LogP contribution is 2.25. The highest BCUT2D eigenvalue weighted by molar-refractivity contribution is 14.1. The summed E-state index contributed by atoms with van der Waals surface area (Å²) in [5.41, 5.74) is 0. The summed E-state index contributed by atoms with van der Waals surface area (Å²) in [4.78, 5) is 0. The smallest absolute Gasteiger partial charge is 0.127 e. The van der Waals surface area contributed by atoms with Crippen molar-refractivity contribution in [3.8, 4) is 5.75 Å². The van der Waals surface area contributed by atoms with Crippen LogP contribution in [0.2, 0.25) is 0 Å². The molecule has 1 unspecified atom stereocenters. The number of nitrogens with one attached hydrogen (secondary N) is 1. The number of aliphatic hydroxyl groups is 1. The van der Waals surface area contributed by atoms with E-state index in [4.69, 9.17) is 4.74 Å². The Balaban J connectivity index is 0.00000162. The number of aliphatic hydroxyl groups excluding tert-OH is 1. The van der Waals surface area contributed by atoms with Crippen LogP contribution in [0, 0.1) is 0 Å². The third-order valence-electron chi connectivity index (χ3n) is 2.49. The van der Waals surface area contributed by atoms with Gasteiger partial charge in [-0.15, -0.1) is 12.4 Å². The molecule has 2 rings (SSSR count). The average Bonchev–Trinajstić information content (AvgIpc) is 2.36. The monoisotopic (exact) mass is 379 g/mol. The first-order chi connectivity index (χ1) is 8.31. The lowest BCUT2D eigenvalue weighted by atomic mass is 10.1. The maximum atomic E-state index is 9.59. The maximum Gasteiger partial charge on any atom is 0.127 e. The van der Waals surface area contributed by atoms with Crippen molar-refractivity contribution < 1.29 is 9.84 Å². The van der Waals surface area contributed by atoms with Gasteiger partial charge in [-0.25, -0.2) is 0 Å². The van der Waals surface area contributed by atoms with E-state index in [2.05, 4.69) is 3.53 Å². The zero-order valence-corrected chi connectivity index (χ0v) is 12.6. The Bertz CT molecular complexity index is 490. The molecule has 2 aromatic carbocycles. The topological polar surface area (TPSA) is 41.5 Å². The SMILES string of the molecule is Cl.OC(CNI)COc1cccc2ccccc12. The molecule has 0 fully saturated rings. The van der Waals surface area contributed by atoms with Crippen LogP contribution in [-0.4, -0.2) is 24.4 Å². The van der Waals surface area contributed by atoms with Crippen molar-refractivity contribution in [3.63, 3.8) is 0 Å². The zero-order chi connectivity index (χ0) is 12.1. The number of hydrogen-bond acceptors (Lipinski definition) is 3. The normalized spacial score (nSPS) is 11.9. The molecule has 0 aliphatic carbocycles. The summed E-state index contributed by atoms with van der Waals surface area (Å²) in [5, 5.41) is 11.8. The van der Waals surface area contributed by atoms with Crippen molar-refractivity contribution in [2.75, 3.05) is 13.2 Å². The van der Waals surface area contributed by atoms with Gasteiger partial charge in [-0.3, -0.25) is 3.53 Å². The van der Waals surface area contributed by atoms with Gasteiger partial charge in [-0.1, -0.05) is 36.4 Å². The molecule has 0 saturated heterocycles. The standard InChI is InChI=1S/C13H14INO2.ClH/c14-15-8-11(16)9-17-13-7-3-5-10-4-1-2-6-12(10)13;/h1-7,11,15-16H,8-9H2;1H. The molecule has 98 valence electrons. The third kappa shape index (κ3) is 3.98. The molecule has 5 heteroatoms. The molecule has 2 N–H and O–H groups in total. The highest BCUT2D eigenvalue weighted by Gasteiger charge is 2.06. The molecule has 2 aromatic rings. The van der Waals surface area contributed by atoms with Crippen molar-refractivity contribution in [1.29, 1.82) is 0 Å². The fourth-order valence-electron chi connectivity index (χ4n) is 1.66. The van der Waals surface area contributed by atoms with E-state index in [1.165, 1.54) is 0 Å². The molecule has 0 heterocycles. The van der Waals surface area contributed by atoms with E-state index in [-0.39, 0.29) is 12.4 Å². The molecule has 0 aromatic heterocycles. The predicted octanol–water partition coefficient (Wildman–Crippen LogP) is 2.94. The summed E-state index contributed by atoms with van der Waals surface area (Å²) in [6, 6.07) is 14.0. The summed E-state index contributed by atoms with van der Waals surface area (Å²) < 4.78 is 8.52. The summed E-state index contributed by atoms with van der Waals surface area (Å²) in [5.74, 6) is 0.815. The molecule has 0 saturated carbocycles. The summed E-state index contributed by atoms with van der Waals surface area (Å²) >= 11 is 2.01. The van der Waals surface area contributed by atoms with E-state index < -0.39 is 6.10 Å². The van der Waals surface area contributed by atoms with Gasteiger partial charge in [-0.05, 0) is 11.5 Å². The molecule has 0 aliphatic rings. The van der Waals surface area contributed by atoms with E-state index >= 15 is 0 Å². The molecular weight excluding hydrogens is 365 g/mol. The van der Waals surface area contributed by atoms with Crippen LogP contribution in [0.3, 0.4) is 0 Å². The van der Waals surface area contributed by atoms with Crippen LogP contribution in [0.15, 0.2) is 42.5 Å². The lowest BCUT2D eigenvalue weighted by Gasteiger charge is -2.13. The van der Waals surface area contributed by atoms with Crippen LogP contribution in [0.5, 0.6) is 5.75 Å². The molecule has 0 radical (unpaired) electrons. The number of hydrogen-bond donors (Lipinski definition) is 2. The van der Waals surface area contributed by atoms with Gasteiger partial charge in [0.15, 0.2) is 0 Å². The second-order valence-corrected chi connectivity index (χ2v) is 4.54. The number of benzene rings is 2. The Labute approximate surface area is 126 Å². The van der Waals surface area contributed by atoms with Crippen LogP contribution in [0.4, 0.5) is 0 Å². The number of halogens is 2. The van der Waals surface area contributed by atoms with Gasteiger partial charge in [0.05, 0.1) is 0 Å². The zero-order valence-electron chi connectivity index (χ0n) is 9.67. The van der Waals surface area contributed by atoms with Crippen LogP contribution < -0.4 is 8.27 Å². The van der Waals surface area contributed by atoms with E-state index in [0.717, 1.165) is 16.5 Å². The molecule has 18 heavy (non-hydrogen) atoms. The van der Waals surface area contributed by atoms with Crippen LogP contribution in [0.1, 0.15) is 0 Å².